The highest BCUT2D eigenvalue weighted by molar-refractivity contribution is 6.23. The maximum atomic E-state index is 2.43. The Morgan fingerprint density at radius 1 is 0.283 bits per heavy atom. The van der Waals surface area contributed by atoms with E-state index in [0.29, 0.717) is 0 Å². The van der Waals surface area contributed by atoms with Crippen LogP contribution in [0.4, 0.5) is 0 Å². The van der Waals surface area contributed by atoms with Gasteiger partial charge < -0.3 is 4.57 Å². The molecule has 0 aliphatic rings. The Morgan fingerprint density at radius 3 is 1.45 bits per heavy atom. The van der Waals surface area contributed by atoms with Crippen molar-refractivity contribution in [3.63, 3.8) is 0 Å². The van der Waals surface area contributed by atoms with Crippen LogP contribution in [0.5, 0.6) is 0 Å². The molecule has 0 amide bonds. The SMILES string of the molecule is c1ccc(-n2c3ccccc3c3cc(-c4ccc(-c5c6ccccc6c(-c6ccc7ccccc7c6)c6ccccc56)cc4)c4ccccc4c32)cc1. The fourth-order valence-corrected chi connectivity index (χ4v) is 8.82. The third-order valence-corrected chi connectivity index (χ3v) is 11.1. The monoisotopic (exact) mass is 671 g/mol. The molecule has 0 saturated heterocycles. The molecule has 1 heterocycles. The van der Waals surface area contributed by atoms with Crippen molar-refractivity contribution in [3.8, 4) is 39.1 Å². The van der Waals surface area contributed by atoms with Gasteiger partial charge in [0.25, 0.3) is 0 Å². The van der Waals surface area contributed by atoms with E-state index >= 15 is 0 Å². The number of rotatable bonds is 4. The van der Waals surface area contributed by atoms with Gasteiger partial charge in [0.1, 0.15) is 0 Å². The normalized spacial score (nSPS) is 11.8. The molecular formula is C52H33N. The summed E-state index contributed by atoms with van der Waals surface area (Å²) in [5.74, 6) is 0. The number of nitrogens with zero attached hydrogens (tertiary/aromatic N) is 1. The summed E-state index contributed by atoms with van der Waals surface area (Å²) in [5, 5.41) is 12.6. The van der Waals surface area contributed by atoms with Crippen LogP contribution in [-0.4, -0.2) is 4.57 Å². The molecule has 0 N–H and O–H groups in total. The minimum absolute atomic E-state index is 1.17. The predicted octanol–water partition coefficient (Wildman–Crippen LogP) is 14.4. The molecule has 246 valence electrons. The van der Waals surface area contributed by atoms with Crippen LogP contribution < -0.4 is 0 Å². The molecule has 0 saturated carbocycles. The van der Waals surface area contributed by atoms with Gasteiger partial charge in [0.15, 0.2) is 0 Å². The van der Waals surface area contributed by atoms with E-state index in [1.807, 2.05) is 0 Å². The van der Waals surface area contributed by atoms with Gasteiger partial charge in [-0.05, 0) is 101 Å². The van der Waals surface area contributed by atoms with Crippen LogP contribution >= 0.6 is 0 Å². The van der Waals surface area contributed by atoms with E-state index in [1.54, 1.807) is 0 Å². The van der Waals surface area contributed by atoms with Crippen molar-refractivity contribution in [1.29, 1.82) is 0 Å². The third kappa shape index (κ3) is 4.58. The zero-order valence-corrected chi connectivity index (χ0v) is 29.0. The Hall–Kier alpha value is -6.96. The van der Waals surface area contributed by atoms with Crippen LogP contribution in [0, 0.1) is 0 Å². The first-order valence-corrected chi connectivity index (χ1v) is 18.4. The van der Waals surface area contributed by atoms with E-state index in [-0.39, 0.29) is 0 Å². The van der Waals surface area contributed by atoms with Crippen molar-refractivity contribution in [2.24, 2.45) is 0 Å². The number of aromatic nitrogens is 1. The largest absolute Gasteiger partial charge is 0.309 e. The average molecular weight is 672 g/mol. The number of hydrogen-bond acceptors (Lipinski definition) is 0. The Labute approximate surface area is 307 Å². The van der Waals surface area contributed by atoms with Gasteiger partial charge in [-0.2, -0.15) is 0 Å². The number of para-hydroxylation sites is 2. The Balaban J connectivity index is 1.12. The van der Waals surface area contributed by atoms with Crippen molar-refractivity contribution in [2.45, 2.75) is 0 Å². The first kappa shape index (κ1) is 29.7. The van der Waals surface area contributed by atoms with Gasteiger partial charge in [0.05, 0.1) is 11.0 Å². The summed E-state index contributed by atoms with van der Waals surface area (Å²) in [5.41, 5.74) is 11.1. The van der Waals surface area contributed by atoms with Crippen LogP contribution in [0.15, 0.2) is 200 Å². The third-order valence-electron chi connectivity index (χ3n) is 11.1. The molecule has 1 nitrogen and oxygen atoms in total. The molecule has 53 heavy (non-hydrogen) atoms. The van der Waals surface area contributed by atoms with Crippen LogP contribution in [0.3, 0.4) is 0 Å². The van der Waals surface area contributed by atoms with E-state index in [1.165, 1.54) is 104 Å². The highest BCUT2D eigenvalue weighted by Gasteiger charge is 2.19. The lowest BCUT2D eigenvalue weighted by Crippen LogP contribution is -1.94. The summed E-state index contributed by atoms with van der Waals surface area (Å²) in [6, 6.07) is 73.5. The van der Waals surface area contributed by atoms with Crippen molar-refractivity contribution in [1.82, 2.24) is 4.57 Å². The van der Waals surface area contributed by atoms with Crippen molar-refractivity contribution >= 4 is 64.9 Å². The second-order valence-electron chi connectivity index (χ2n) is 14.0. The van der Waals surface area contributed by atoms with Crippen molar-refractivity contribution in [2.75, 3.05) is 0 Å². The quantitative estimate of drug-likeness (QED) is 0.164. The molecule has 0 aliphatic heterocycles. The summed E-state index contributed by atoms with van der Waals surface area (Å²) in [7, 11) is 0. The van der Waals surface area contributed by atoms with Crippen LogP contribution in [0.1, 0.15) is 0 Å². The minimum atomic E-state index is 1.17. The standard InChI is InChI=1S/C52H33N/c1-2-16-39(17-3-1)53-49-25-13-12-19-41(49)48-33-47(40-18-6-11-24-46(40)52(48)53)35-27-29-36(30-28-35)50-42-20-7-9-22-44(42)51(45-23-10-8-21-43(45)50)38-31-26-34-14-4-5-15-37(34)32-38/h1-33H. The maximum absolute atomic E-state index is 2.43. The van der Waals surface area contributed by atoms with Gasteiger partial charge in [0.2, 0.25) is 0 Å². The van der Waals surface area contributed by atoms with Crippen molar-refractivity contribution < 1.29 is 0 Å². The Bertz CT molecular complexity index is 3150. The first-order chi connectivity index (χ1) is 26.3. The lowest BCUT2D eigenvalue weighted by molar-refractivity contribution is 1.19. The van der Waals surface area contributed by atoms with Gasteiger partial charge in [-0.3, -0.25) is 0 Å². The molecule has 1 heteroatoms. The summed E-state index contributed by atoms with van der Waals surface area (Å²) in [4.78, 5) is 0. The molecule has 10 aromatic carbocycles. The molecule has 0 fully saturated rings. The molecule has 0 spiro atoms. The van der Waals surface area contributed by atoms with Crippen LogP contribution in [0.25, 0.3) is 104 Å². The van der Waals surface area contributed by atoms with Gasteiger partial charge in [-0.15, -0.1) is 0 Å². The predicted molar refractivity (Wildman–Crippen MR) is 227 cm³/mol. The highest BCUT2D eigenvalue weighted by atomic mass is 15.0. The van der Waals surface area contributed by atoms with E-state index in [4.69, 9.17) is 0 Å². The van der Waals surface area contributed by atoms with E-state index in [0.717, 1.165) is 0 Å². The lowest BCUT2D eigenvalue weighted by atomic mass is 9.85. The Kier molecular flexibility index (Phi) is 6.62. The number of benzene rings is 10. The van der Waals surface area contributed by atoms with Crippen LogP contribution in [0.2, 0.25) is 0 Å². The van der Waals surface area contributed by atoms with Crippen LogP contribution in [-0.2, 0) is 0 Å². The second-order valence-corrected chi connectivity index (χ2v) is 14.0. The Morgan fingerprint density at radius 2 is 0.774 bits per heavy atom. The average Bonchev–Trinajstić information content (AvgIpc) is 3.57. The summed E-state index contributed by atoms with van der Waals surface area (Å²) in [6.45, 7) is 0. The fraction of sp³-hybridized carbons (Fsp3) is 0. The van der Waals surface area contributed by atoms with E-state index < -0.39 is 0 Å². The molecule has 11 rings (SSSR count). The maximum Gasteiger partial charge on any atom is 0.0619 e. The molecule has 11 aromatic rings. The zero-order chi connectivity index (χ0) is 34.9. The van der Waals surface area contributed by atoms with Gasteiger partial charge in [0, 0.05) is 21.8 Å². The fourth-order valence-electron chi connectivity index (χ4n) is 8.82. The molecule has 0 aliphatic carbocycles. The molecule has 0 atom stereocenters. The summed E-state index contributed by atoms with van der Waals surface area (Å²) >= 11 is 0. The smallest absolute Gasteiger partial charge is 0.0619 e. The van der Waals surface area contributed by atoms with Gasteiger partial charge in [-0.1, -0.05) is 170 Å². The number of hydrogen-bond donors (Lipinski definition) is 0. The number of fused-ring (bicyclic) bond motifs is 8. The second kappa shape index (κ2) is 11.8. The van der Waals surface area contributed by atoms with E-state index in [2.05, 4.69) is 205 Å². The molecule has 0 radical (unpaired) electrons. The summed E-state index contributed by atoms with van der Waals surface area (Å²) < 4.78 is 2.43. The molecular weight excluding hydrogens is 639 g/mol. The first-order valence-electron chi connectivity index (χ1n) is 18.4. The topological polar surface area (TPSA) is 4.93 Å². The van der Waals surface area contributed by atoms with E-state index in [9.17, 15) is 0 Å². The summed E-state index contributed by atoms with van der Waals surface area (Å²) in [6.07, 6.45) is 0. The van der Waals surface area contributed by atoms with Gasteiger partial charge in [-0.25, -0.2) is 0 Å². The highest BCUT2D eigenvalue weighted by Crippen LogP contribution is 2.45. The molecule has 1 aromatic heterocycles. The lowest BCUT2D eigenvalue weighted by Gasteiger charge is -2.18. The molecule has 0 unspecified atom stereocenters. The minimum Gasteiger partial charge on any atom is -0.309 e. The zero-order valence-electron chi connectivity index (χ0n) is 29.0. The molecule has 0 bridgehead atoms. The van der Waals surface area contributed by atoms with Crippen molar-refractivity contribution in [3.05, 3.63) is 200 Å². The van der Waals surface area contributed by atoms with Gasteiger partial charge >= 0.3 is 0 Å².